The first-order valence-electron chi connectivity index (χ1n) is 5.67. The summed E-state index contributed by atoms with van der Waals surface area (Å²) in [4.78, 5) is 0. The van der Waals surface area contributed by atoms with Crippen LogP contribution in [0.15, 0.2) is 18.2 Å². The number of hydrogen-bond donors (Lipinski definition) is 2. The van der Waals surface area contributed by atoms with E-state index in [2.05, 4.69) is 33.4 Å². The van der Waals surface area contributed by atoms with Crippen molar-refractivity contribution in [2.45, 2.75) is 44.7 Å². The number of benzene rings is 1. The van der Waals surface area contributed by atoms with Gasteiger partial charge in [-0.2, -0.15) is 25.8 Å². The minimum atomic E-state index is -4.52. The van der Waals surface area contributed by atoms with Crippen LogP contribution in [-0.4, -0.2) is 4.75 Å². The van der Waals surface area contributed by atoms with E-state index >= 15 is 0 Å². The molecule has 110 valence electrons. The molecule has 0 bridgehead atoms. The molecule has 0 aromatic heterocycles. The molecule has 6 heteroatoms. The highest BCUT2D eigenvalue weighted by Gasteiger charge is 2.31. The molecule has 0 fully saturated rings. The van der Waals surface area contributed by atoms with E-state index in [1.807, 2.05) is 0 Å². The first kappa shape index (κ1) is 18.2. The zero-order valence-electron chi connectivity index (χ0n) is 11.3. The fourth-order valence-corrected chi connectivity index (χ4v) is 1.07. The van der Waals surface area contributed by atoms with Crippen molar-refractivity contribution in [2.24, 2.45) is 5.73 Å². The van der Waals surface area contributed by atoms with Gasteiger partial charge in [-0.25, -0.2) is 4.39 Å². The first-order valence-corrected chi connectivity index (χ1v) is 6.11. The molecule has 1 atom stereocenters. The molecule has 0 radical (unpaired) electrons. The molecule has 2 N–H and O–H groups in total. The van der Waals surface area contributed by atoms with E-state index in [1.165, 1.54) is 6.92 Å². The summed E-state index contributed by atoms with van der Waals surface area (Å²) in [5.41, 5.74) is 4.43. The van der Waals surface area contributed by atoms with Crippen LogP contribution in [-0.2, 0) is 6.18 Å². The van der Waals surface area contributed by atoms with Gasteiger partial charge < -0.3 is 5.73 Å². The predicted octanol–water partition coefficient (Wildman–Crippen LogP) is 4.58. The molecule has 1 nitrogen and oxygen atoms in total. The summed E-state index contributed by atoms with van der Waals surface area (Å²) in [6.07, 6.45) is -4.52. The van der Waals surface area contributed by atoms with Gasteiger partial charge in [-0.3, -0.25) is 0 Å². The van der Waals surface area contributed by atoms with Gasteiger partial charge in [0.1, 0.15) is 5.82 Å². The second-order valence-electron chi connectivity index (χ2n) is 5.19. The van der Waals surface area contributed by atoms with E-state index in [9.17, 15) is 17.6 Å². The average molecular weight is 297 g/mol. The summed E-state index contributed by atoms with van der Waals surface area (Å²) in [6.45, 7) is 7.66. The Bertz CT molecular complexity index is 402. The van der Waals surface area contributed by atoms with Crippen molar-refractivity contribution >= 4 is 12.6 Å². The topological polar surface area (TPSA) is 26.0 Å². The molecular weight excluding hydrogens is 278 g/mol. The van der Waals surface area contributed by atoms with E-state index in [1.54, 1.807) is 0 Å². The van der Waals surface area contributed by atoms with Crippen molar-refractivity contribution in [2.75, 3.05) is 0 Å². The van der Waals surface area contributed by atoms with E-state index in [0.29, 0.717) is 6.07 Å². The Kier molecular flexibility index (Phi) is 6.35. The Morgan fingerprint density at radius 3 is 1.84 bits per heavy atom. The molecule has 1 aromatic rings. The van der Waals surface area contributed by atoms with E-state index in [4.69, 9.17) is 5.73 Å². The maximum Gasteiger partial charge on any atom is 0.416 e. The van der Waals surface area contributed by atoms with Crippen molar-refractivity contribution in [3.05, 3.63) is 35.1 Å². The zero-order valence-corrected chi connectivity index (χ0v) is 12.2. The van der Waals surface area contributed by atoms with E-state index in [-0.39, 0.29) is 10.3 Å². The van der Waals surface area contributed by atoms with Crippen molar-refractivity contribution in [1.82, 2.24) is 0 Å². The molecule has 1 aromatic carbocycles. The third kappa shape index (κ3) is 8.10. The van der Waals surface area contributed by atoms with Gasteiger partial charge in [-0.05, 0) is 19.1 Å². The van der Waals surface area contributed by atoms with E-state index < -0.39 is 23.6 Å². The minimum Gasteiger partial charge on any atom is -0.324 e. The molecule has 0 aliphatic rings. The van der Waals surface area contributed by atoms with Crippen molar-refractivity contribution < 1.29 is 17.6 Å². The Hall–Kier alpha value is -0.750. The Morgan fingerprint density at radius 1 is 1.16 bits per heavy atom. The Morgan fingerprint density at radius 2 is 1.58 bits per heavy atom. The van der Waals surface area contributed by atoms with Crippen molar-refractivity contribution in [3.63, 3.8) is 0 Å². The summed E-state index contributed by atoms with van der Waals surface area (Å²) >= 11 is 4.12. The van der Waals surface area contributed by atoms with Crippen LogP contribution in [0.25, 0.3) is 0 Å². The lowest BCUT2D eigenvalue weighted by atomic mass is 10.1. The van der Waals surface area contributed by atoms with Crippen LogP contribution in [0.1, 0.15) is 44.9 Å². The largest absolute Gasteiger partial charge is 0.416 e. The van der Waals surface area contributed by atoms with Crippen molar-refractivity contribution in [1.29, 1.82) is 0 Å². The fourth-order valence-electron chi connectivity index (χ4n) is 1.07. The summed E-state index contributed by atoms with van der Waals surface area (Å²) < 4.78 is 49.6. The Balaban J connectivity index is 0.000000555. The molecule has 0 saturated carbocycles. The van der Waals surface area contributed by atoms with Gasteiger partial charge in [0.25, 0.3) is 0 Å². The van der Waals surface area contributed by atoms with Crippen molar-refractivity contribution in [3.8, 4) is 0 Å². The van der Waals surface area contributed by atoms with Gasteiger partial charge in [0.2, 0.25) is 0 Å². The van der Waals surface area contributed by atoms with Crippen LogP contribution in [0, 0.1) is 5.82 Å². The van der Waals surface area contributed by atoms with Gasteiger partial charge >= 0.3 is 6.18 Å². The van der Waals surface area contributed by atoms with Gasteiger partial charge in [0, 0.05) is 16.4 Å². The summed E-state index contributed by atoms with van der Waals surface area (Å²) in [5.74, 6) is -0.921. The molecule has 0 amide bonds. The molecule has 0 aliphatic heterocycles. The quantitative estimate of drug-likeness (QED) is 0.576. The van der Waals surface area contributed by atoms with Gasteiger partial charge in [-0.15, -0.1) is 0 Å². The van der Waals surface area contributed by atoms with Crippen LogP contribution >= 0.6 is 12.6 Å². The maximum absolute atomic E-state index is 13.1. The number of thiol groups is 1. The first-order chi connectivity index (χ1) is 8.32. The summed E-state index contributed by atoms with van der Waals surface area (Å²) in [7, 11) is 0. The number of hydrogen-bond acceptors (Lipinski definition) is 2. The third-order valence-electron chi connectivity index (χ3n) is 1.82. The fraction of sp³-hybridized carbons (Fsp3) is 0.538. The molecule has 0 spiro atoms. The van der Waals surface area contributed by atoms with Gasteiger partial charge in [-0.1, -0.05) is 26.8 Å². The van der Waals surface area contributed by atoms with Crippen LogP contribution < -0.4 is 5.73 Å². The minimum absolute atomic E-state index is 0.0815. The summed E-state index contributed by atoms with van der Waals surface area (Å²) in [6, 6.07) is 1.72. The molecule has 19 heavy (non-hydrogen) atoms. The predicted molar refractivity (Wildman–Crippen MR) is 72.7 cm³/mol. The zero-order chi connectivity index (χ0) is 15.4. The highest BCUT2D eigenvalue weighted by Crippen LogP contribution is 2.30. The van der Waals surface area contributed by atoms with Crippen LogP contribution in [0.3, 0.4) is 0 Å². The maximum atomic E-state index is 13.1. The molecule has 0 saturated heterocycles. The third-order valence-corrected chi connectivity index (χ3v) is 1.82. The molecule has 1 rings (SSSR count). The number of rotatable bonds is 1. The van der Waals surface area contributed by atoms with Crippen LogP contribution in [0.2, 0.25) is 0 Å². The lowest BCUT2D eigenvalue weighted by Crippen LogP contribution is -2.10. The second kappa shape index (κ2) is 6.61. The normalized spacial score (nSPS) is 13.6. The average Bonchev–Trinajstić information content (AvgIpc) is 2.12. The Labute approximate surface area is 116 Å². The lowest BCUT2D eigenvalue weighted by Gasteiger charge is -2.10. The van der Waals surface area contributed by atoms with Crippen LogP contribution in [0.4, 0.5) is 17.6 Å². The standard InChI is InChI=1S/C9H9F4N.C4H10S/c1-5(14)7-3-2-6(4-8(7)10)9(11,12)13;1-4(2,3)5/h2-5H,14H2,1H3;5H,1-3H3. The molecule has 0 aliphatic carbocycles. The van der Waals surface area contributed by atoms with E-state index in [0.717, 1.165) is 12.1 Å². The highest BCUT2D eigenvalue weighted by molar-refractivity contribution is 7.81. The SMILES string of the molecule is CC(C)(C)S.CC(N)c1ccc(C(F)(F)F)cc1F. The monoisotopic (exact) mass is 297 g/mol. The number of nitrogens with two attached hydrogens (primary N) is 1. The molecule has 1 unspecified atom stereocenters. The van der Waals surface area contributed by atoms with Gasteiger partial charge in [0.15, 0.2) is 0 Å². The smallest absolute Gasteiger partial charge is 0.324 e. The molecule has 0 heterocycles. The van der Waals surface area contributed by atoms with Gasteiger partial charge in [0.05, 0.1) is 5.56 Å². The highest BCUT2D eigenvalue weighted by atomic mass is 32.1. The number of alkyl halides is 3. The molecular formula is C13H19F4NS. The van der Waals surface area contributed by atoms with Crippen LogP contribution in [0.5, 0.6) is 0 Å². The lowest BCUT2D eigenvalue weighted by molar-refractivity contribution is -0.137. The summed E-state index contributed by atoms with van der Waals surface area (Å²) in [5, 5.41) is 0. The number of halogens is 4. The second-order valence-corrected chi connectivity index (χ2v) is 6.54.